The number of amides is 1. The van der Waals surface area contributed by atoms with Crippen LogP contribution in [0.4, 0.5) is 0 Å². The van der Waals surface area contributed by atoms with Gasteiger partial charge in [-0.25, -0.2) is 0 Å². The monoisotopic (exact) mass is 299 g/mol. The number of nitrogens with zero attached hydrogens (tertiary/aromatic N) is 3. The van der Waals surface area contributed by atoms with Gasteiger partial charge in [-0.2, -0.15) is 0 Å². The van der Waals surface area contributed by atoms with Crippen molar-refractivity contribution in [3.8, 4) is 0 Å². The van der Waals surface area contributed by atoms with Gasteiger partial charge in [0.15, 0.2) is 0 Å². The number of benzene rings is 1. The molecule has 1 aromatic carbocycles. The van der Waals surface area contributed by atoms with Gasteiger partial charge in [0.25, 0.3) is 0 Å². The maximum atomic E-state index is 11.7. The number of hydrogen-bond donors (Lipinski definition) is 0. The van der Waals surface area contributed by atoms with Crippen LogP contribution in [0.1, 0.15) is 30.0 Å². The van der Waals surface area contributed by atoms with Crippen LogP contribution < -0.4 is 0 Å². The third kappa shape index (κ3) is 3.20. The first-order valence-electron chi connectivity index (χ1n) is 7.60. The third-order valence-electron chi connectivity index (χ3n) is 4.16. The number of hydrogen-bond acceptors (Lipinski definition) is 4. The predicted octanol–water partition coefficient (Wildman–Crippen LogP) is 2.39. The molecule has 0 aliphatic carbocycles. The molecule has 22 heavy (non-hydrogen) atoms. The Bertz CT molecular complexity index is 638. The Morgan fingerprint density at radius 3 is 2.73 bits per heavy atom. The van der Waals surface area contributed by atoms with Gasteiger partial charge in [-0.15, -0.1) is 0 Å². The molecule has 0 bridgehead atoms. The van der Waals surface area contributed by atoms with Gasteiger partial charge in [0.05, 0.1) is 11.7 Å². The first kappa shape index (κ1) is 14.8. The van der Waals surface area contributed by atoms with Crippen molar-refractivity contribution < 1.29 is 9.32 Å². The lowest BCUT2D eigenvalue weighted by Crippen LogP contribution is -2.49. The van der Waals surface area contributed by atoms with Gasteiger partial charge in [-0.1, -0.05) is 35.5 Å². The van der Waals surface area contributed by atoms with Crippen LogP contribution in [0, 0.1) is 6.92 Å². The molecule has 5 heteroatoms. The number of aryl methyl sites for hydroxylation is 1. The molecule has 0 spiro atoms. The van der Waals surface area contributed by atoms with Crippen LogP contribution in [0.25, 0.3) is 0 Å². The van der Waals surface area contributed by atoms with Crippen molar-refractivity contribution in [2.24, 2.45) is 0 Å². The maximum absolute atomic E-state index is 11.7. The zero-order valence-corrected chi connectivity index (χ0v) is 13.0. The second-order valence-electron chi connectivity index (χ2n) is 5.79. The molecule has 0 unspecified atom stereocenters. The minimum atomic E-state index is 0.137. The molecule has 0 radical (unpaired) electrons. The molecule has 0 N–H and O–H groups in total. The summed E-state index contributed by atoms with van der Waals surface area (Å²) < 4.78 is 5.17. The van der Waals surface area contributed by atoms with E-state index in [0.29, 0.717) is 0 Å². The molecule has 1 saturated heterocycles. The molecule has 1 aliphatic rings. The van der Waals surface area contributed by atoms with Crippen molar-refractivity contribution in [2.75, 3.05) is 19.6 Å². The average Bonchev–Trinajstić information content (AvgIpc) is 2.93. The van der Waals surface area contributed by atoms with E-state index in [2.05, 4.69) is 22.2 Å². The highest BCUT2D eigenvalue weighted by molar-refractivity contribution is 5.73. The lowest BCUT2D eigenvalue weighted by molar-refractivity contribution is -0.132. The highest BCUT2D eigenvalue weighted by Crippen LogP contribution is 2.27. The lowest BCUT2D eigenvalue weighted by Gasteiger charge is -2.41. The zero-order chi connectivity index (χ0) is 15.5. The Hall–Kier alpha value is -2.14. The van der Waals surface area contributed by atoms with Crippen LogP contribution in [0.2, 0.25) is 0 Å². The largest absolute Gasteiger partial charge is 0.361 e. The number of aromatic nitrogens is 1. The van der Waals surface area contributed by atoms with Gasteiger partial charge >= 0.3 is 0 Å². The average molecular weight is 299 g/mol. The molecule has 0 saturated carbocycles. The Morgan fingerprint density at radius 1 is 1.32 bits per heavy atom. The molecule has 2 aromatic rings. The first-order chi connectivity index (χ1) is 10.6. The Kier molecular flexibility index (Phi) is 4.24. The topological polar surface area (TPSA) is 49.6 Å². The summed E-state index contributed by atoms with van der Waals surface area (Å²) in [6.07, 6.45) is 0. The van der Waals surface area contributed by atoms with Gasteiger partial charge in [-0.05, 0) is 12.5 Å². The summed E-state index contributed by atoms with van der Waals surface area (Å²) in [6, 6.07) is 12.5. The number of piperazine rings is 1. The van der Waals surface area contributed by atoms with E-state index in [1.54, 1.807) is 6.92 Å². The fraction of sp³-hybridized carbons (Fsp3) is 0.412. The van der Waals surface area contributed by atoms with E-state index in [9.17, 15) is 4.79 Å². The van der Waals surface area contributed by atoms with Crippen LogP contribution in [0.3, 0.4) is 0 Å². The highest BCUT2D eigenvalue weighted by Gasteiger charge is 2.29. The van der Waals surface area contributed by atoms with Crippen molar-refractivity contribution >= 4 is 5.91 Å². The van der Waals surface area contributed by atoms with Crippen molar-refractivity contribution in [2.45, 2.75) is 26.4 Å². The molecule has 5 nitrogen and oxygen atoms in total. The summed E-state index contributed by atoms with van der Waals surface area (Å²) in [6.45, 7) is 6.59. The zero-order valence-electron chi connectivity index (χ0n) is 13.0. The van der Waals surface area contributed by atoms with E-state index >= 15 is 0 Å². The van der Waals surface area contributed by atoms with E-state index in [1.165, 1.54) is 5.56 Å². The van der Waals surface area contributed by atoms with Crippen molar-refractivity contribution in [3.63, 3.8) is 0 Å². The third-order valence-corrected chi connectivity index (χ3v) is 4.16. The molecular weight excluding hydrogens is 278 g/mol. The van der Waals surface area contributed by atoms with Crippen LogP contribution in [-0.4, -0.2) is 40.5 Å². The Balaban J connectivity index is 1.82. The summed E-state index contributed by atoms with van der Waals surface area (Å²) in [5.74, 6) is 0.964. The van der Waals surface area contributed by atoms with E-state index < -0.39 is 0 Å². The van der Waals surface area contributed by atoms with Gasteiger partial charge in [-0.3, -0.25) is 9.69 Å². The molecule has 1 fully saturated rings. The van der Waals surface area contributed by atoms with Crippen LogP contribution >= 0.6 is 0 Å². The second kappa shape index (κ2) is 6.32. The summed E-state index contributed by atoms with van der Waals surface area (Å²) >= 11 is 0. The number of rotatable bonds is 3. The van der Waals surface area contributed by atoms with Crippen LogP contribution in [-0.2, 0) is 11.3 Å². The molecule has 1 aromatic heterocycles. The van der Waals surface area contributed by atoms with E-state index in [4.69, 9.17) is 4.52 Å². The quantitative estimate of drug-likeness (QED) is 0.873. The molecule has 2 heterocycles. The fourth-order valence-electron chi connectivity index (χ4n) is 2.99. The summed E-state index contributed by atoms with van der Waals surface area (Å²) in [7, 11) is 0. The predicted molar refractivity (Wildman–Crippen MR) is 83.1 cm³/mol. The van der Waals surface area contributed by atoms with Crippen LogP contribution in [0.15, 0.2) is 40.9 Å². The molecular formula is C17H21N3O2. The molecule has 1 amide bonds. The lowest BCUT2D eigenvalue weighted by atomic mass is 10.0. The second-order valence-corrected chi connectivity index (χ2v) is 5.79. The van der Waals surface area contributed by atoms with Gasteiger partial charge in [0.2, 0.25) is 5.91 Å². The standard InChI is InChI=1S/C17H21N3O2/c1-13-10-16(18-22-13)11-20-9-8-19(14(2)21)12-17(20)15-6-4-3-5-7-15/h3-7,10,17H,8-9,11-12H2,1-2H3/t17-/m0/s1. The number of carbonyl (C=O) groups excluding carboxylic acids is 1. The Labute approximate surface area is 130 Å². The molecule has 116 valence electrons. The minimum Gasteiger partial charge on any atom is -0.361 e. The normalized spacial score (nSPS) is 19.4. The smallest absolute Gasteiger partial charge is 0.219 e. The van der Waals surface area contributed by atoms with Crippen molar-refractivity contribution in [3.05, 3.63) is 53.4 Å². The Morgan fingerprint density at radius 2 is 2.09 bits per heavy atom. The van der Waals surface area contributed by atoms with Crippen molar-refractivity contribution in [1.29, 1.82) is 0 Å². The van der Waals surface area contributed by atoms with E-state index in [1.807, 2.05) is 36.1 Å². The fourth-order valence-corrected chi connectivity index (χ4v) is 2.99. The summed E-state index contributed by atoms with van der Waals surface area (Å²) in [4.78, 5) is 16.0. The van der Waals surface area contributed by atoms with E-state index in [0.717, 1.165) is 37.6 Å². The molecule has 1 atom stereocenters. The number of carbonyl (C=O) groups is 1. The van der Waals surface area contributed by atoms with Gasteiger partial charge in [0.1, 0.15) is 5.76 Å². The van der Waals surface area contributed by atoms with Gasteiger partial charge < -0.3 is 9.42 Å². The van der Waals surface area contributed by atoms with E-state index in [-0.39, 0.29) is 11.9 Å². The highest BCUT2D eigenvalue weighted by atomic mass is 16.5. The minimum absolute atomic E-state index is 0.137. The summed E-state index contributed by atoms with van der Waals surface area (Å²) in [5, 5.41) is 4.09. The van der Waals surface area contributed by atoms with Gasteiger partial charge in [0, 0.05) is 39.2 Å². The maximum Gasteiger partial charge on any atom is 0.219 e. The SMILES string of the molecule is CC(=O)N1CCN(Cc2cc(C)on2)[C@H](c2ccccc2)C1. The van der Waals surface area contributed by atoms with Crippen molar-refractivity contribution in [1.82, 2.24) is 15.0 Å². The first-order valence-corrected chi connectivity index (χ1v) is 7.60. The molecule has 1 aliphatic heterocycles. The molecule has 3 rings (SSSR count). The van der Waals surface area contributed by atoms with Crippen LogP contribution in [0.5, 0.6) is 0 Å². The summed E-state index contributed by atoms with van der Waals surface area (Å²) in [5.41, 5.74) is 2.17.